The summed E-state index contributed by atoms with van der Waals surface area (Å²) in [5, 5.41) is 0.375. The zero-order chi connectivity index (χ0) is 18.6. The van der Waals surface area contributed by atoms with Crippen LogP contribution in [0.25, 0.3) is 0 Å². The molecule has 0 aliphatic rings. The van der Waals surface area contributed by atoms with Gasteiger partial charge in [0.05, 0.1) is 17.2 Å². The number of hydrogen-bond acceptors (Lipinski definition) is 4. The highest BCUT2D eigenvalue weighted by Gasteiger charge is 2.29. The van der Waals surface area contributed by atoms with Crippen molar-refractivity contribution in [1.82, 2.24) is 0 Å². The number of nitrogens with zero attached hydrogens (tertiary/aromatic N) is 1. The van der Waals surface area contributed by atoms with Crippen LogP contribution in [-0.2, 0) is 19.6 Å². The molecule has 0 aliphatic heterocycles. The van der Waals surface area contributed by atoms with Crippen molar-refractivity contribution in [1.29, 1.82) is 0 Å². The van der Waals surface area contributed by atoms with E-state index in [1.165, 1.54) is 18.2 Å². The van der Waals surface area contributed by atoms with Crippen LogP contribution in [0.15, 0.2) is 51.8 Å². The molecule has 0 amide bonds. The minimum Gasteiger partial charge on any atom is -0.465 e. The SMILES string of the molecule is CCOC(=O)CN(c1cc(Cl)ccc1C)S(=O)(=O)c1ccc(Br)cc1. The predicted molar refractivity (Wildman–Crippen MR) is 101 cm³/mol. The number of rotatable bonds is 6. The Labute approximate surface area is 160 Å². The van der Waals surface area contributed by atoms with Gasteiger partial charge in [0.1, 0.15) is 6.54 Å². The Bertz CT molecular complexity index is 869. The van der Waals surface area contributed by atoms with Crippen LogP contribution in [0.5, 0.6) is 0 Å². The van der Waals surface area contributed by atoms with Crippen LogP contribution in [0.4, 0.5) is 5.69 Å². The average Bonchev–Trinajstić information content (AvgIpc) is 2.55. The van der Waals surface area contributed by atoms with Crippen LogP contribution >= 0.6 is 27.5 Å². The second-order valence-electron chi connectivity index (χ2n) is 5.20. The number of hydrogen-bond donors (Lipinski definition) is 0. The normalized spacial score (nSPS) is 11.2. The highest BCUT2D eigenvalue weighted by Crippen LogP contribution is 2.30. The lowest BCUT2D eigenvalue weighted by molar-refractivity contribution is -0.141. The first-order valence-corrected chi connectivity index (χ1v) is 10.1. The summed E-state index contributed by atoms with van der Waals surface area (Å²) in [4.78, 5) is 12.1. The first-order chi connectivity index (χ1) is 11.8. The maximum Gasteiger partial charge on any atom is 0.326 e. The third-order valence-electron chi connectivity index (χ3n) is 3.42. The van der Waals surface area contributed by atoms with Gasteiger partial charge in [-0.15, -0.1) is 0 Å². The van der Waals surface area contributed by atoms with Gasteiger partial charge >= 0.3 is 5.97 Å². The number of carbonyl (C=O) groups is 1. The molecule has 0 aliphatic carbocycles. The number of halogens is 2. The molecule has 0 saturated carbocycles. The highest BCUT2D eigenvalue weighted by molar-refractivity contribution is 9.10. The number of esters is 1. The molecule has 2 aromatic carbocycles. The maximum absolute atomic E-state index is 13.1. The molecule has 5 nitrogen and oxygen atoms in total. The largest absolute Gasteiger partial charge is 0.465 e. The van der Waals surface area contributed by atoms with E-state index in [1.54, 1.807) is 38.1 Å². The van der Waals surface area contributed by atoms with E-state index < -0.39 is 22.5 Å². The average molecular weight is 447 g/mol. The van der Waals surface area contributed by atoms with E-state index in [2.05, 4.69) is 15.9 Å². The second-order valence-corrected chi connectivity index (χ2v) is 8.42. The van der Waals surface area contributed by atoms with E-state index in [9.17, 15) is 13.2 Å². The van der Waals surface area contributed by atoms with E-state index in [4.69, 9.17) is 16.3 Å². The van der Waals surface area contributed by atoms with Crippen molar-refractivity contribution in [2.75, 3.05) is 17.5 Å². The number of benzene rings is 2. The van der Waals surface area contributed by atoms with Gasteiger partial charge in [-0.25, -0.2) is 8.42 Å². The number of sulfonamides is 1. The molecule has 8 heteroatoms. The van der Waals surface area contributed by atoms with Gasteiger partial charge < -0.3 is 4.74 Å². The van der Waals surface area contributed by atoms with Crippen molar-refractivity contribution in [3.63, 3.8) is 0 Å². The Balaban J connectivity index is 2.55. The molecule has 0 bridgehead atoms. The third-order valence-corrected chi connectivity index (χ3v) is 5.96. The van der Waals surface area contributed by atoms with Crippen molar-refractivity contribution in [3.8, 4) is 0 Å². The molecule has 0 fully saturated rings. The smallest absolute Gasteiger partial charge is 0.326 e. The lowest BCUT2D eigenvalue weighted by Crippen LogP contribution is -2.37. The van der Waals surface area contributed by atoms with E-state index >= 15 is 0 Å². The van der Waals surface area contributed by atoms with Gasteiger partial charge in [0.2, 0.25) is 0 Å². The first kappa shape index (κ1) is 19.8. The van der Waals surface area contributed by atoms with Gasteiger partial charge in [0.15, 0.2) is 0 Å². The minimum atomic E-state index is -3.97. The van der Waals surface area contributed by atoms with E-state index in [0.717, 1.165) is 8.78 Å². The molecular formula is C17H17BrClNO4S. The van der Waals surface area contributed by atoms with Crippen LogP contribution in [0.2, 0.25) is 5.02 Å². The summed E-state index contributed by atoms with van der Waals surface area (Å²) < 4.78 is 32.9. The van der Waals surface area contributed by atoms with Crippen molar-refractivity contribution in [2.24, 2.45) is 0 Å². The van der Waals surface area contributed by atoms with Gasteiger partial charge in [-0.2, -0.15) is 0 Å². The zero-order valence-corrected chi connectivity index (χ0v) is 16.9. The summed E-state index contributed by atoms with van der Waals surface area (Å²) in [5.41, 5.74) is 1.01. The fourth-order valence-corrected chi connectivity index (χ4v) is 4.10. The molecule has 0 atom stereocenters. The van der Waals surface area contributed by atoms with Crippen LogP contribution in [0.1, 0.15) is 12.5 Å². The van der Waals surface area contributed by atoms with Crippen LogP contribution in [0, 0.1) is 6.92 Å². The van der Waals surface area contributed by atoms with Gasteiger partial charge in [-0.3, -0.25) is 9.10 Å². The fraction of sp³-hybridized carbons (Fsp3) is 0.235. The molecule has 25 heavy (non-hydrogen) atoms. The quantitative estimate of drug-likeness (QED) is 0.625. The Kier molecular flexibility index (Phi) is 6.48. The minimum absolute atomic E-state index is 0.0689. The monoisotopic (exact) mass is 445 g/mol. The lowest BCUT2D eigenvalue weighted by Gasteiger charge is -2.25. The summed E-state index contributed by atoms with van der Waals surface area (Å²) in [6, 6.07) is 11.1. The summed E-state index contributed by atoms with van der Waals surface area (Å²) in [7, 11) is -3.97. The van der Waals surface area contributed by atoms with E-state index in [0.29, 0.717) is 16.3 Å². The fourth-order valence-electron chi connectivity index (χ4n) is 2.21. The van der Waals surface area contributed by atoms with Gasteiger partial charge in [-0.1, -0.05) is 33.6 Å². The Hall–Kier alpha value is -1.57. The topological polar surface area (TPSA) is 63.7 Å². The summed E-state index contributed by atoms with van der Waals surface area (Å²) in [5.74, 6) is -0.637. The molecule has 0 heterocycles. The van der Waals surface area contributed by atoms with Crippen LogP contribution < -0.4 is 4.31 Å². The Morgan fingerprint density at radius 1 is 1.20 bits per heavy atom. The zero-order valence-electron chi connectivity index (χ0n) is 13.7. The summed E-state index contributed by atoms with van der Waals surface area (Å²) in [6.45, 7) is 3.14. The second kappa shape index (κ2) is 8.21. The first-order valence-electron chi connectivity index (χ1n) is 7.45. The van der Waals surface area contributed by atoms with Crippen molar-refractivity contribution >= 4 is 49.2 Å². The molecule has 2 aromatic rings. The Morgan fingerprint density at radius 3 is 2.44 bits per heavy atom. The number of anilines is 1. The lowest BCUT2D eigenvalue weighted by atomic mass is 10.2. The Morgan fingerprint density at radius 2 is 1.84 bits per heavy atom. The number of ether oxygens (including phenoxy) is 1. The number of aryl methyl sites for hydroxylation is 1. The molecule has 2 rings (SSSR count). The predicted octanol–water partition coefficient (Wildman–Crippen LogP) is 4.17. The molecule has 134 valence electrons. The number of carbonyl (C=O) groups excluding carboxylic acids is 1. The standard InChI is InChI=1S/C17H17BrClNO4S/c1-3-24-17(21)11-20(16-10-14(19)7-4-12(16)2)25(22,23)15-8-5-13(18)6-9-15/h4-10H,3,11H2,1-2H3. The summed E-state index contributed by atoms with van der Waals surface area (Å²) in [6.07, 6.45) is 0. The van der Waals surface area contributed by atoms with Gasteiger partial charge in [0.25, 0.3) is 10.0 Å². The van der Waals surface area contributed by atoms with E-state index in [1.807, 2.05) is 0 Å². The molecule has 0 spiro atoms. The van der Waals surface area contributed by atoms with Gasteiger partial charge in [0, 0.05) is 9.50 Å². The van der Waals surface area contributed by atoms with Crippen LogP contribution in [0.3, 0.4) is 0 Å². The molecule has 0 unspecified atom stereocenters. The van der Waals surface area contributed by atoms with Crippen molar-refractivity contribution in [2.45, 2.75) is 18.7 Å². The molecule has 0 N–H and O–H groups in total. The van der Waals surface area contributed by atoms with E-state index in [-0.39, 0.29) is 11.5 Å². The maximum atomic E-state index is 13.1. The van der Waals surface area contributed by atoms with Crippen molar-refractivity contribution in [3.05, 3.63) is 57.5 Å². The molecular weight excluding hydrogens is 430 g/mol. The highest BCUT2D eigenvalue weighted by atomic mass is 79.9. The summed E-state index contributed by atoms with van der Waals surface area (Å²) >= 11 is 9.31. The molecule has 0 radical (unpaired) electrons. The molecule has 0 saturated heterocycles. The van der Waals surface area contributed by atoms with Crippen molar-refractivity contribution < 1.29 is 17.9 Å². The molecule has 0 aromatic heterocycles. The third kappa shape index (κ3) is 4.74. The van der Waals surface area contributed by atoms with Crippen LogP contribution in [-0.4, -0.2) is 27.5 Å². The van der Waals surface area contributed by atoms with Gasteiger partial charge in [-0.05, 0) is 55.8 Å².